The molecule has 2 heterocycles. The Balaban J connectivity index is 2.19. The van der Waals surface area contributed by atoms with Crippen LogP contribution in [0.25, 0.3) is 17.3 Å². The summed E-state index contributed by atoms with van der Waals surface area (Å²) < 4.78 is 7.19. The first-order valence-electron chi connectivity index (χ1n) is 5.98. The molecule has 0 fully saturated rings. The van der Waals surface area contributed by atoms with Crippen molar-refractivity contribution in [2.45, 2.75) is 13.3 Å². The maximum Gasteiger partial charge on any atom is 0.284 e. The van der Waals surface area contributed by atoms with E-state index in [0.29, 0.717) is 5.89 Å². The number of nitrogens with zero attached hydrogens (tertiary/aromatic N) is 3. The van der Waals surface area contributed by atoms with Crippen molar-refractivity contribution in [3.05, 3.63) is 46.9 Å². The third-order valence-corrected chi connectivity index (χ3v) is 2.95. The maximum absolute atomic E-state index is 5.38. The van der Waals surface area contributed by atoms with Crippen molar-refractivity contribution in [2.24, 2.45) is 0 Å². The molecule has 96 valence electrons. The molecule has 0 aliphatic carbocycles. The van der Waals surface area contributed by atoms with Gasteiger partial charge in [0.1, 0.15) is 5.69 Å². The minimum atomic E-state index is 0.258. The Bertz CT molecular complexity index is 741. The Hall–Kier alpha value is -2.21. The highest BCUT2D eigenvalue weighted by molar-refractivity contribution is 7.71. The van der Waals surface area contributed by atoms with Gasteiger partial charge in [0.25, 0.3) is 10.7 Å². The maximum atomic E-state index is 5.38. The van der Waals surface area contributed by atoms with Crippen molar-refractivity contribution in [3.8, 4) is 17.3 Å². The van der Waals surface area contributed by atoms with Crippen LogP contribution in [0.5, 0.6) is 0 Å². The SMILES string of the molecule is CCc1cc(-c2n[nH]c(=S)o2)n(-c2ccccc2)n1. The van der Waals surface area contributed by atoms with Crippen LogP contribution in [0.2, 0.25) is 0 Å². The molecular weight excluding hydrogens is 260 g/mol. The van der Waals surface area contributed by atoms with Crippen molar-refractivity contribution in [1.82, 2.24) is 20.0 Å². The lowest BCUT2D eigenvalue weighted by atomic mass is 10.3. The smallest absolute Gasteiger partial charge is 0.284 e. The van der Waals surface area contributed by atoms with Crippen molar-refractivity contribution in [2.75, 3.05) is 0 Å². The zero-order valence-corrected chi connectivity index (χ0v) is 11.1. The molecule has 2 aromatic heterocycles. The van der Waals surface area contributed by atoms with Crippen LogP contribution in [0, 0.1) is 4.84 Å². The molecule has 0 bridgehead atoms. The monoisotopic (exact) mass is 272 g/mol. The second-order valence-corrected chi connectivity index (χ2v) is 4.41. The van der Waals surface area contributed by atoms with E-state index in [4.69, 9.17) is 16.6 Å². The van der Waals surface area contributed by atoms with E-state index >= 15 is 0 Å². The number of hydrogen-bond acceptors (Lipinski definition) is 4. The van der Waals surface area contributed by atoms with Gasteiger partial charge in [0.05, 0.1) is 11.4 Å². The molecule has 0 amide bonds. The van der Waals surface area contributed by atoms with Crippen molar-refractivity contribution < 1.29 is 4.42 Å². The molecular formula is C13H12N4OS. The molecule has 0 atom stereocenters. The molecule has 0 unspecified atom stereocenters. The van der Waals surface area contributed by atoms with Gasteiger partial charge in [-0.3, -0.25) is 0 Å². The summed E-state index contributed by atoms with van der Waals surface area (Å²) in [5, 5.41) is 11.2. The van der Waals surface area contributed by atoms with Crippen LogP contribution in [-0.4, -0.2) is 20.0 Å². The number of benzene rings is 1. The van der Waals surface area contributed by atoms with Crippen LogP contribution in [0.3, 0.4) is 0 Å². The van der Waals surface area contributed by atoms with Crippen LogP contribution in [0.15, 0.2) is 40.8 Å². The summed E-state index contributed by atoms with van der Waals surface area (Å²) in [6.45, 7) is 2.06. The molecule has 3 rings (SSSR count). The number of rotatable bonds is 3. The van der Waals surface area contributed by atoms with Gasteiger partial charge in [-0.05, 0) is 36.8 Å². The largest absolute Gasteiger partial charge is 0.408 e. The molecule has 0 radical (unpaired) electrons. The first-order chi connectivity index (χ1) is 9.28. The van der Waals surface area contributed by atoms with Crippen LogP contribution in [-0.2, 0) is 6.42 Å². The Morgan fingerprint density at radius 2 is 2.11 bits per heavy atom. The lowest BCUT2D eigenvalue weighted by molar-refractivity contribution is 0.547. The standard InChI is InChI=1S/C13H12N4OS/c1-2-9-8-11(12-14-15-13(19)18-12)17(16-9)10-6-4-3-5-7-10/h3-8H,2H2,1H3,(H,15,19). The summed E-state index contributed by atoms with van der Waals surface area (Å²) in [5.74, 6) is 0.445. The zero-order valence-electron chi connectivity index (χ0n) is 10.3. The minimum absolute atomic E-state index is 0.258. The second-order valence-electron chi connectivity index (χ2n) is 4.04. The van der Waals surface area contributed by atoms with Gasteiger partial charge in [0.15, 0.2) is 0 Å². The molecule has 0 spiro atoms. The topological polar surface area (TPSA) is 59.6 Å². The highest BCUT2D eigenvalue weighted by Gasteiger charge is 2.14. The molecule has 0 aliphatic rings. The summed E-state index contributed by atoms with van der Waals surface area (Å²) >= 11 is 4.91. The predicted molar refractivity (Wildman–Crippen MR) is 73.6 cm³/mol. The molecule has 6 heteroatoms. The van der Waals surface area contributed by atoms with Gasteiger partial charge in [-0.25, -0.2) is 9.78 Å². The van der Waals surface area contributed by atoms with Crippen molar-refractivity contribution in [1.29, 1.82) is 0 Å². The predicted octanol–water partition coefficient (Wildman–Crippen LogP) is 3.15. The van der Waals surface area contributed by atoms with E-state index in [-0.39, 0.29) is 4.84 Å². The molecule has 5 nitrogen and oxygen atoms in total. The average Bonchev–Trinajstić information content (AvgIpc) is 3.05. The van der Waals surface area contributed by atoms with Gasteiger partial charge in [-0.1, -0.05) is 25.1 Å². The van der Waals surface area contributed by atoms with Crippen molar-refractivity contribution in [3.63, 3.8) is 0 Å². The highest BCUT2D eigenvalue weighted by Crippen LogP contribution is 2.22. The second kappa shape index (κ2) is 4.81. The third-order valence-electron chi connectivity index (χ3n) is 2.78. The molecule has 1 aromatic carbocycles. The summed E-state index contributed by atoms with van der Waals surface area (Å²) in [7, 11) is 0. The summed E-state index contributed by atoms with van der Waals surface area (Å²) in [5.41, 5.74) is 2.72. The van der Waals surface area contributed by atoms with Crippen LogP contribution >= 0.6 is 12.2 Å². The number of aromatic amines is 1. The quantitative estimate of drug-likeness (QED) is 0.744. The lowest BCUT2D eigenvalue weighted by Gasteiger charge is -2.03. The Kier molecular flexibility index (Phi) is 3.00. The summed E-state index contributed by atoms with van der Waals surface area (Å²) in [6, 6.07) is 11.8. The fourth-order valence-electron chi connectivity index (χ4n) is 1.86. The number of para-hydroxylation sites is 1. The molecule has 0 saturated heterocycles. The average molecular weight is 272 g/mol. The van der Waals surface area contributed by atoms with E-state index in [1.807, 2.05) is 41.1 Å². The molecule has 0 saturated carbocycles. The van der Waals surface area contributed by atoms with E-state index < -0.39 is 0 Å². The third kappa shape index (κ3) is 2.22. The van der Waals surface area contributed by atoms with Crippen molar-refractivity contribution >= 4 is 12.2 Å². The Labute approximate surface area is 114 Å². The number of H-pyrrole nitrogens is 1. The minimum Gasteiger partial charge on any atom is -0.408 e. The van der Waals surface area contributed by atoms with E-state index in [9.17, 15) is 0 Å². The number of nitrogens with one attached hydrogen (secondary N) is 1. The van der Waals surface area contributed by atoms with E-state index in [1.54, 1.807) is 0 Å². The van der Waals surface area contributed by atoms with Gasteiger partial charge >= 0.3 is 0 Å². The van der Waals surface area contributed by atoms with Gasteiger partial charge in [-0.15, -0.1) is 5.10 Å². The van der Waals surface area contributed by atoms with E-state index in [1.165, 1.54) is 0 Å². The molecule has 1 N–H and O–H groups in total. The Morgan fingerprint density at radius 1 is 1.32 bits per heavy atom. The first-order valence-corrected chi connectivity index (χ1v) is 6.39. The van der Waals surface area contributed by atoms with Gasteiger partial charge in [-0.2, -0.15) is 5.10 Å². The zero-order chi connectivity index (χ0) is 13.2. The number of hydrogen-bond donors (Lipinski definition) is 1. The van der Waals surface area contributed by atoms with Gasteiger partial charge in [0.2, 0.25) is 0 Å². The normalized spacial score (nSPS) is 10.8. The van der Waals surface area contributed by atoms with Crippen LogP contribution < -0.4 is 0 Å². The fraction of sp³-hybridized carbons (Fsp3) is 0.154. The first kappa shape index (κ1) is 11.9. The summed E-state index contributed by atoms with van der Waals surface area (Å²) in [4.78, 5) is 0.258. The fourth-order valence-corrected chi connectivity index (χ4v) is 1.99. The number of aromatic nitrogens is 4. The molecule has 19 heavy (non-hydrogen) atoms. The van der Waals surface area contributed by atoms with Crippen LogP contribution in [0.1, 0.15) is 12.6 Å². The number of aryl methyl sites for hydroxylation is 1. The van der Waals surface area contributed by atoms with E-state index in [0.717, 1.165) is 23.5 Å². The lowest BCUT2D eigenvalue weighted by Crippen LogP contribution is -1.99. The van der Waals surface area contributed by atoms with Gasteiger partial charge in [0, 0.05) is 0 Å². The molecule has 0 aliphatic heterocycles. The summed E-state index contributed by atoms with van der Waals surface area (Å²) in [6.07, 6.45) is 0.845. The highest BCUT2D eigenvalue weighted by atomic mass is 32.1. The van der Waals surface area contributed by atoms with Gasteiger partial charge < -0.3 is 4.42 Å². The Morgan fingerprint density at radius 3 is 2.74 bits per heavy atom. The van der Waals surface area contributed by atoms with Crippen LogP contribution in [0.4, 0.5) is 0 Å². The van der Waals surface area contributed by atoms with E-state index in [2.05, 4.69) is 22.2 Å². The molecule has 3 aromatic rings.